The van der Waals surface area contributed by atoms with Crippen molar-refractivity contribution in [2.24, 2.45) is 0 Å². The Morgan fingerprint density at radius 2 is 1.79 bits per heavy atom. The minimum atomic E-state index is -4.43. The van der Waals surface area contributed by atoms with E-state index in [9.17, 15) is 18.0 Å². The molecule has 8 heteroatoms. The molecule has 2 fully saturated rings. The molecule has 34 heavy (non-hydrogen) atoms. The third-order valence-electron chi connectivity index (χ3n) is 5.71. The number of halogens is 3. The van der Waals surface area contributed by atoms with Crippen LogP contribution in [0.4, 0.5) is 18.0 Å². The SMILES string of the molecule is CC(C)(C)OC(=O)N1CCC(=Cc2cc(Oc3ccc(C(F)(F)F)cn3)cc(C3CC3)c2)CC1. The van der Waals surface area contributed by atoms with E-state index >= 15 is 0 Å². The van der Waals surface area contributed by atoms with Crippen molar-refractivity contribution in [2.75, 3.05) is 13.1 Å². The molecule has 2 aromatic rings. The Morgan fingerprint density at radius 3 is 2.35 bits per heavy atom. The van der Waals surface area contributed by atoms with Crippen molar-refractivity contribution in [3.05, 3.63) is 58.8 Å². The first-order chi connectivity index (χ1) is 16.0. The Bertz CT molecular complexity index is 1060. The molecule has 182 valence electrons. The van der Waals surface area contributed by atoms with Gasteiger partial charge >= 0.3 is 12.3 Å². The van der Waals surface area contributed by atoms with Crippen LogP contribution in [0.15, 0.2) is 42.1 Å². The van der Waals surface area contributed by atoms with Crippen LogP contribution in [0.2, 0.25) is 0 Å². The van der Waals surface area contributed by atoms with E-state index in [1.54, 1.807) is 4.90 Å². The van der Waals surface area contributed by atoms with E-state index in [0.717, 1.165) is 49.1 Å². The molecule has 0 spiro atoms. The van der Waals surface area contributed by atoms with Gasteiger partial charge in [0.25, 0.3) is 0 Å². The number of nitrogens with zero attached hydrogens (tertiary/aromatic N) is 2. The van der Waals surface area contributed by atoms with Crippen LogP contribution in [0.25, 0.3) is 6.08 Å². The maximum atomic E-state index is 12.8. The first-order valence-electron chi connectivity index (χ1n) is 11.5. The van der Waals surface area contributed by atoms with E-state index in [4.69, 9.17) is 9.47 Å². The van der Waals surface area contributed by atoms with Crippen LogP contribution in [0.5, 0.6) is 11.6 Å². The molecule has 0 bridgehead atoms. The van der Waals surface area contributed by atoms with Crippen LogP contribution in [0.3, 0.4) is 0 Å². The fraction of sp³-hybridized carbons (Fsp3) is 0.462. The number of piperidine rings is 1. The molecule has 1 aliphatic carbocycles. The van der Waals surface area contributed by atoms with Crippen molar-refractivity contribution in [1.82, 2.24) is 9.88 Å². The normalized spacial score (nSPS) is 16.9. The van der Waals surface area contributed by atoms with Gasteiger partial charge in [-0.2, -0.15) is 13.2 Å². The highest BCUT2D eigenvalue weighted by Crippen LogP contribution is 2.42. The van der Waals surface area contributed by atoms with Crippen molar-refractivity contribution < 1.29 is 27.4 Å². The number of carbonyl (C=O) groups excluding carboxylic acids is 1. The summed E-state index contributed by atoms with van der Waals surface area (Å²) in [6.45, 7) is 6.76. The molecule has 1 saturated heterocycles. The number of pyridine rings is 1. The maximum Gasteiger partial charge on any atom is 0.417 e. The van der Waals surface area contributed by atoms with Crippen LogP contribution >= 0.6 is 0 Å². The lowest BCUT2D eigenvalue weighted by Gasteiger charge is -2.31. The topological polar surface area (TPSA) is 51.7 Å². The number of carbonyl (C=O) groups is 1. The van der Waals surface area contributed by atoms with Crippen molar-refractivity contribution >= 4 is 12.2 Å². The Labute approximate surface area is 197 Å². The van der Waals surface area contributed by atoms with Gasteiger partial charge < -0.3 is 14.4 Å². The fourth-order valence-electron chi connectivity index (χ4n) is 3.85. The number of alkyl halides is 3. The number of ether oxygens (including phenoxy) is 2. The average molecular weight is 475 g/mol. The lowest BCUT2D eigenvalue weighted by Crippen LogP contribution is -2.40. The van der Waals surface area contributed by atoms with Gasteiger partial charge in [0.15, 0.2) is 0 Å². The Hall–Kier alpha value is -3.03. The summed E-state index contributed by atoms with van der Waals surface area (Å²) in [5.74, 6) is 1.15. The van der Waals surface area contributed by atoms with Crippen LogP contribution in [0.1, 0.15) is 69.1 Å². The van der Waals surface area contributed by atoms with E-state index in [1.165, 1.54) is 11.6 Å². The van der Waals surface area contributed by atoms with Gasteiger partial charge in [-0.15, -0.1) is 0 Å². The summed E-state index contributed by atoms with van der Waals surface area (Å²) < 4.78 is 49.7. The largest absolute Gasteiger partial charge is 0.444 e. The van der Waals surface area contributed by atoms with Gasteiger partial charge in [0.05, 0.1) is 5.56 Å². The quantitative estimate of drug-likeness (QED) is 0.471. The Morgan fingerprint density at radius 1 is 1.09 bits per heavy atom. The van der Waals surface area contributed by atoms with Crippen LogP contribution in [-0.4, -0.2) is 34.7 Å². The van der Waals surface area contributed by atoms with Gasteiger partial charge in [-0.25, -0.2) is 9.78 Å². The molecular formula is C26H29F3N2O3. The molecule has 1 aliphatic heterocycles. The molecule has 0 atom stereocenters. The van der Waals surface area contributed by atoms with E-state index in [-0.39, 0.29) is 12.0 Å². The second kappa shape index (κ2) is 9.31. The third kappa shape index (κ3) is 6.52. The monoisotopic (exact) mass is 474 g/mol. The number of likely N-dealkylation sites (tertiary alicyclic amines) is 1. The molecule has 1 aromatic carbocycles. The molecule has 2 heterocycles. The lowest BCUT2D eigenvalue weighted by molar-refractivity contribution is -0.137. The molecule has 2 aliphatic rings. The van der Waals surface area contributed by atoms with Crippen molar-refractivity contribution in [3.8, 4) is 11.6 Å². The first kappa shape index (κ1) is 24.1. The summed E-state index contributed by atoms with van der Waals surface area (Å²) in [7, 11) is 0. The molecule has 4 rings (SSSR count). The van der Waals surface area contributed by atoms with Gasteiger partial charge in [-0.3, -0.25) is 0 Å². The van der Waals surface area contributed by atoms with E-state index in [1.807, 2.05) is 32.9 Å². The van der Waals surface area contributed by atoms with E-state index in [2.05, 4.69) is 17.1 Å². The molecule has 0 radical (unpaired) electrons. The highest BCUT2D eigenvalue weighted by atomic mass is 19.4. The summed E-state index contributed by atoms with van der Waals surface area (Å²) in [4.78, 5) is 17.8. The van der Waals surface area contributed by atoms with Gasteiger partial charge in [0.1, 0.15) is 11.4 Å². The fourth-order valence-corrected chi connectivity index (χ4v) is 3.85. The molecule has 1 amide bonds. The second-order valence-corrected chi connectivity index (χ2v) is 9.86. The summed E-state index contributed by atoms with van der Waals surface area (Å²) in [5.41, 5.74) is 2.03. The van der Waals surface area contributed by atoms with Crippen molar-refractivity contribution in [3.63, 3.8) is 0 Å². The Kier molecular flexibility index (Phi) is 6.60. The molecule has 0 N–H and O–H groups in total. The smallest absolute Gasteiger partial charge is 0.417 e. The minimum absolute atomic E-state index is 0.116. The van der Waals surface area contributed by atoms with Crippen LogP contribution < -0.4 is 4.74 Å². The number of aromatic nitrogens is 1. The number of rotatable bonds is 4. The average Bonchev–Trinajstić information content (AvgIpc) is 3.58. The van der Waals surface area contributed by atoms with Gasteiger partial charge in [0, 0.05) is 25.4 Å². The van der Waals surface area contributed by atoms with Crippen LogP contribution in [0, 0.1) is 0 Å². The van der Waals surface area contributed by atoms with E-state index < -0.39 is 17.3 Å². The highest BCUT2D eigenvalue weighted by Gasteiger charge is 2.31. The van der Waals surface area contributed by atoms with Crippen molar-refractivity contribution in [1.29, 1.82) is 0 Å². The summed E-state index contributed by atoms with van der Waals surface area (Å²) in [6, 6.07) is 8.14. The number of amides is 1. The number of benzene rings is 1. The maximum absolute atomic E-state index is 12.8. The second-order valence-electron chi connectivity index (χ2n) is 9.86. The predicted octanol–water partition coefficient (Wildman–Crippen LogP) is 7.18. The molecule has 1 aromatic heterocycles. The first-order valence-corrected chi connectivity index (χ1v) is 11.5. The minimum Gasteiger partial charge on any atom is -0.444 e. The molecule has 1 saturated carbocycles. The van der Waals surface area contributed by atoms with Gasteiger partial charge in [-0.05, 0) is 81.7 Å². The standard InChI is InChI=1S/C26H29F3N2O3/c1-25(2,3)34-24(32)31-10-8-17(9-11-31)12-18-13-20(19-4-5-19)15-22(14-18)33-23-7-6-21(16-30-23)26(27,28)29/h6-7,12-16,19H,4-5,8-11H2,1-3H3. The van der Waals surface area contributed by atoms with Gasteiger partial charge in [0.2, 0.25) is 5.88 Å². The number of hydrogen-bond donors (Lipinski definition) is 0. The van der Waals surface area contributed by atoms with E-state index in [0.29, 0.717) is 24.8 Å². The van der Waals surface area contributed by atoms with Crippen LogP contribution in [-0.2, 0) is 10.9 Å². The summed E-state index contributed by atoms with van der Waals surface area (Å²) in [6.07, 6.45) is 1.91. The summed E-state index contributed by atoms with van der Waals surface area (Å²) in [5, 5.41) is 0. The highest BCUT2D eigenvalue weighted by molar-refractivity contribution is 5.68. The molecular weight excluding hydrogens is 445 g/mol. The third-order valence-corrected chi connectivity index (χ3v) is 5.71. The van der Waals surface area contributed by atoms with Gasteiger partial charge in [-0.1, -0.05) is 17.7 Å². The number of hydrogen-bond acceptors (Lipinski definition) is 4. The molecule has 0 unspecified atom stereocenters. The zero-order valence-corrected chi connectivity index (χ0v) is 19.6. The lowest BCUT2D eigenvalue weighted by atomic mass is 9.99. The molecule has 5 nitrogen and oxygen atoms in total. The zero-order valence-electron chi connectivity index (χ0n) is 19.6. The van der Waals surface area contributed by atoms with Crippen molar-refractivity contribution in [2.45, 2.75) is 64.1 Å². The Balaban J connectivity index is 1.46. The predicted molar refractivity (Wildman–Crippen MR) is 123 cm³/mol. The summed E-state index contributed by atoms with van der Waals surface area (Å²) >= 11 is 0. The zero-order chi connectivity index (χ0) is 24.5.